The second-order valence-corrected chi connectivity index (χ2v) is 5.19. The highest BCUT2D eigenvalue weighted by Crippen LogP contribution is 2.48. The molecule has 2 saturated heterocycles. The third kappa shape index (κ3) is 1.55. The van der Waals surface area contributed by atoms with Crippen molar-refractivity contribution in [2.24, 2.45) is 11.8 Å². The van der Waals surface area contributed by atoms with Crippen LogP contribution in [0, 0.1) is 11.8 Å². The van der Waals surface area contributed by atoms with Gasteiger partial charge in [0.2, 0.25) is 0 Å². The molecule has 0 radical (unpaired) electrons. The van der Waals surface area contributed by atoms with Crippen LogP contribution in [-0.2, 0) is 19.3 Å². The molecule has 4 heteroatoms. The van der Waals surface area contributed by atoms with Crippen molar-refractivity contribution >= 4 is 5.97 Å². The van der Waals surface area contributed by atoms with Crippen molar-refractivity contribution in [3.63, 3.8) is 0 Å². The minimum atomic E-state index is -0.331. The summed E-state index contributed by atoms with van der Waals surface area (Å²) in [6.45, 7) is 1.06. The molecule has 3 rings (SSSR count). The Labute approximate surface area is 95.2 Å². The number of carbonyl (C=O) groups is 1. The molecule has 2 heterocycles. The lowest BCUT2D eigenvalue weighted by Crippen LogP contribution is -2.56. The predicted molar refractivity (Wildman–Crippen MR) is 55.4 cm³/mol. The molecule has 3 unspecified atom stereocenters. The van der Waals surface area contributed by atoms with E-state index >= 15 is 0 Å². The van der Waals surface area contributed by atoms with Gasteiger partial charge in [0.15, 0.2) is 0 Å². The minimum absolute atomic E-state index is 0.0795. The van der Waals surface area contributed by atoms with Crippen LogP contribution in [0.4, 0.5) is 0 Å². The normalized spacial score (nSPS) is 43.9. The van der Waals surface area contributed by atoms with Gasteiger partial charge in [-0.2, -0.15) is 0 Å². The molecule has 0 aromatic carbocycles. The van der Waals surface area contributed by atoms with Gasteiger partial charge in [-0.15, -0.1) is 0 Å². The highest BCUT2D eigenvalue weighted by atomic mass is 17.2. The minimum Gasteiger partial charge on any atom is -0.462 e. The Balaban J connectivity index is 1.88. The standard InChI is InChI=1S/C12H18O4/c13-11-7-10-4-1-3-9-5-2-6-15-16-12(9,10)8-14-11/h9-10H,1-8H2. The van der Waals surface area contributed by atoms with Crippen molar-refractivity contribution in [2.75, 3.05) is 13.2 Å². The molecule has 1 saturated carbocycles. The zero-order valence-corrected chi connectivity index (χ0v) is 9.44. The lowest BCUT2D eigenvalue weighted by Gasteiger charge is -2.48. The van der Waals surface area contributed by atoms with Crippen LogP contribution in [0.1, 0.15) is 38.5 Å². The van der Waals surface area contributed by atoms with E-state index in [1.54, 1.807) is 0 Å². The molecular weight excluding hydrogens is 208 g/mol. The molecule has 0 aromatic heterocycles. The highest BCUT2D eigenvalue weighted by Gasteiger charge is 2.54. The van der Waals surface area contributed by atoms with Gasteiger partial charge in [0.05, 0.1) is 13.0 Å². The monoisotopic (exact) mass is 226 g/mol. The number of rotatable bonds is 0. The van der Waals surface area contributed by atoms with Gasteiger partial charge in [0.1, 0.15) is 12.2 Å². The number of esters is 1. The highest BCUT2D eigenvalue weighted by molar-refractivity contribution is 5.71. The summed E-state index contributed by atoms with van der Waals surface area (Å²) in [5.74, 6) is 0.719. The molecule has 1 aliphatic carbocycles. The van der Waals surface area contributed by atoms with Gasteiger partial charge in [-0.3, -0.25) is 4.79 Å². The SMILES string of the molecule is O=C1CC2CCCC3CCCOOC32CO1. The van der Waals surface area contributed by atoms with Crippen LogP contribution < -0.4 is 0 Å². The Kier molecular flexibility index (Phi) is 2.64. The van der Waals surface area contributed by atoms with E-state index in [1.807, 2.05) is 0 Å². The lowest BCUT2D eigenvalue weighted by molar-refractivity contribution is -0.392. The van der Waals surface area contributed by atoms with Crippen molar-refractivity contribution in [1.82, 2.24) is 0 Å². The summed E-state index contributed by atoms with van der Waals surface area (Å²) in [5.41, 5.74) is -0.331. The first kappa shape index (κ1) is 10.5. The molecule has 3 aliphatic rings. The van der Waals surface area contributed by atoms with E-state index < -0.39 is 0 Å². The fourth-order valence-electron chi connectivity index (χ4n) is 3.49. The van der Waals surface area contributed by atoms with Crippen LogP contribution in [0.2, 0.25) is 0 Å². The largest absolute Gasteiger partial charge is 0.462 e. The number of ether oxygens (including phenoxy) is 1. The zero-order chi connectivity index (χ0) is 11.0. The second kappa shape index (κ2) is 4.00. The van der Waals surface area contributed by atoms with Gasteiger partial charge >= 0.3 is 5.97 Å². The summed E-state index contributed by atoms with van der Waals surface area (Å²) >= 11 is 0. The first-order chi connectivity index (χ1) is 7.81. The Morgan fingerprint density at radius 1 is 1.12 bits per heavy atom. The summed E-state index contributed by atoms with van der Waals surface area (Å²) in [7, 11) is 0. The van der Waals surface area contributed by atoms with Crippen LogP contribution in [0.25, 0.3) is 0 Å². The van der Waals surface area contributed by atoms with Gasteiger partial charge in [-0.05, 0) is 31.6 Å². The van der Waals surface area contributed by atoms with Gasteiger partial charge in [-0.25, -0.2) is 9.78 Å². The van der Waals surface area contributed by atoms with E-state index in [0.29, 0.717) is 31.5 Å². The molecule has 0 N–H and O–H groups in total. The molecule has 0 bridgehead atoms. The summed E-state index contributed by atoms with van der Waals surface area (Å²) < 4.78 is 5.22. The summed E-state index contributed by atoms with van der Waals surface area (Å²) in [5, 5.41) is 0. The van der Waals surface area contributed by atoms with Crippen molar-refractivity contribution in [2.45, 2.75) is 44.1 Å². The Bertz CT molecular complexity index is 291. The first-order valence-electron chi connectivity index (χ1n) is 6.27. The smallest absolute Gasteiger partial charge is 0.306 e. The average Bonchev–Trinajstić information content (AvgIpc) is 2.50. The Morgan fingerprint density at radius 2 is 1.94 bits per heavy atom. The number of cyclic esters (lactones) is 1. The maximum absolute atomic E-state index is 11.4. The maximum Gasteiger partial charge on any atom is 0.306 e. The summed E-state index contributed by atoms with van der Waals surface area (Å²) in [6.07, 6.45) is 6.13. The van der Waals surface area contributed by atoms with Gasteiger partial charge in [-0.1, -0.05) is 6.42 Å². The predicted octanol–water partition coefficient (Wildman–Crippen LogP) is 1.83. The molecule has 16 heavy (non-hydrogen) atoms. The van der Waals surface area contributed by atoms with Crippen molar-refractivity contribution in [3.8, 4) is 0 Å². The average molecular weight is 226 g/mol. The molecule has 90 valence electrons. The molecule has 4 nitrogen and oxygen atoms in total. The maximum atomic E-state index is 11.4. The third-order valence-electron chi connectivity index (χ3n) is 4.35. The van der Waals surface area contributed by atoms with Crippen molar-refractivity contribution in [1.29, 1.82) is 0 Å². The molecule has 3 fully saturated rings. The molecule has 0 amide bonds. The Hall–Kier alpha value is -0.610. The lowest BCUT2D eigenvalue weighted by atomic mass is 9.65. The summed E-state index contributed by atoms with van der Waals surface area (Å²) in [6, 6.07) is 0. The number of hydrogen-bond acceptors (Lipinski definition) is 4. The van der Waals surface area contributed by atoms with Crippen molar-refractivity contribution in [3.05, 3.63) is 0 Å². The topological polar surface area (TPSA) is 44.8 Å². The fraction of sp³-hybridized carbons (Fsp3) is 0.917. The van der Waals surface area contributed by atoms with Crippen LogP contribution in [-0.4, -0.2) is 24.8 Å². The third-order valence-corrected chi connectivity index (χ3v) is 4.35. The van der Waals surface area contributed by atoms with E-state index in [0.717, 1.165) is 19.3 Å². The summed E-state index contributed by atoms with van der Waals surface area (Å²) in [4.78, 5) is 22.3. The second-order valence-electron chi connectivity index (χ2n) is 5.19. The molecule has 0 aromatic rings. The van der Waals surface area contributed by atoms with E-state index in [1.165, 1.54) is 12.8 Å². The fourth-order valence-corrected chi connectivity index (χ4v) is 3.49. The molecule has 3 atom stereocenters. The van der Waals surface area contributed by atoms with Crippen LogP contribution >= 0.6 is 0 Å². The van der Waals surface area contributed by atoms with Gasteiger partial charge in [0, 0.05) is 5.92 Å². The van der Waals surface area contributed by atoms with Crippen LogP contribution in [0.15, 0.2) is 0 Å². The first-order valence-corrected chi connectivity index (χ1v) is 6.27. The van der Waals surface area contributed by atoms with E-state index in [-0.39, 0.29) is 11.6 Å². The molecule has 1 spiro atoms. The van der Waals surface area contributed by atoms with Crippen LogP contribution in [0.5, 0.6) is 0 Å². The molecular formula is C12H18O4. The van der Waals surface area contributed by atoms with Gasteiger partial charge in [0.25, 0.3) is 0 Å². The van der Waals surface area contributed by atoms with Crippen molar-refractivity contribution < 1.29 is 19.3 Å². The number of carbonyl (C=O) groups excluding carboxylic acids is 1. The van der Waals surface area contributed by atoms with E-state index in [4.69, 9.17) is 14.5 Å². The molecule has 2 aliphatic heterocycles. The van der Waals surface area contributed by atoms with E-state index in [2.05, 4.69) is 0 Å². The Morgan fingerprint density at radius 3 is 2.88 bits per heavy atom. The quantitative estimate of drug-likeness (QED) is 0.467. The number of hydrogen-bond donors (Lipinski definition) is 0. The van der Waals surface area contributed by atoms with Crippen LogP contribution in [0.3, 0.4) is 0 Å². The van der Waals surface area contributed by atoms with Gasteiger partial charge < -0.3 is 4.74 Å². The zero-order valence-electron chi connectivity index (χ0n) is 9.44. The van der Waals surface area contributed by atoms with E-state index in [9.17, 15) is 4.79 Å².